The first-order valence-corrected chi connectivity index (χ1v) is 5.83. The second-order valence-electron chi connectivity index (χ2n) is 4.20. The van der Waals surface area contributed by atoms with E-state index < -0.39 is 0 Å². The van der Waals surface area contributed by atoms with Crippen LogP contribution in [0.5, 0.6) is 0 Å². The van der Waals surface area contributed by atoms with Gasteiger partial charge in [-0.1, -0.05) is 24.3 Å². The number of rotatable bonds is 6. The summed E-state index contributed by atoms with van der Waals surface area (Å²) in [5, 5.41) is 0. The van der Waals surface area contributed by atoms with E-state index in [-0.39, 0.29) is 6.04 Å². The summed E-state index contributed by atoms with van der Waals surface area (Å²) in [6.07, 6.45) is 4.16. The summed E-state index contributed by atoms with van der Waals surface area (Å²) in [5.41, 5.74) is 8.41. The number of hydrogen-bond donors (Lipinski definition) is 1. The highest BCUT2D eigenvalue weighted by atomic mass is 15.1. The second-order valence-corrected chi connectivity index (χ2v) is 4.20. The number of unbranched alkanes of at least 4 members (excludes halogenated alkanes) is 1. The quantitative estimate of drug-likeness (QED) is 0.587. The molecule has 0 radical (unpaired) electrons. The van der Waals surface area contributed by atoms with E-state index in [0.717, 1.165) is 19.4 Å². The third-order valence-corrected chi connectivity index (χ3v) is 2.74. The predicted octanol–water partition coefficient (Wildman–Crippen LogP) is 3.11. The SMILES string of the molecule is C=CCCCN(C)c1ccccc1[C@H](C)N. The number of benzene rings is 1. The monoisotopic (exact) mass is 218 g/mol. The number of allylic oxidation sites excluding steroid dienone is 1. The molecule has 0 bridgehead atoms. The van der Waals surface area contributed by atoms with Crippen LogP contribution in [0, 0.1) is 0 Å². The van der Waals surface area contributed by atoms with Crippen molar-refractivity contribution in [3.8, 4) is 0 Å². The Kier molecular flexibility index (Phi) is 5.06. The molecule has 0 fully saturated rings. The van der Waals surface area contributed by atoms with Crippen molar-refractivity contribution < 1.29 is 0 Å². The molecule has 0 unspecified atom stereocenters. The Balaban J connectivity index is 2.73. The van der Waals surface area contributed by atoms with Gasteiger partial charge in [-0.25, -0.2) is 0 Å². The maximum Gasteiger partial charge on any atom is 0.0411 e. The minimum atomic E-state index is 0.0815. The van der Waals surface area contributed by atoms with E-state index in [2.05, 4.69) is 36.7 Å². The Morgan fingerprint density at radius 1 is 1.44 bits per heavy atom. The van der Waals surface area contributed by atoms with E-state index in [1.807, 2.05) is 19.1 Å². The summed E-state index contributed by atoms with van der Waals surface area (Å²) in [7, 11) is 2.12. The maximum absolute atomic E-state index is 5.96. The number of anilines is 1. The third kappa shape index (κ3) is 3.38. The summed E-state index contributed by atoms with van der Waals surface area (Å²) in [5.74, 6) is 0. The van der Waals surface area contributed by atoms with E-state index in [9.17, 15) is 0 Å². The lowest BCUT2D eigenvalue weighted by Crippen LogP contribution is -2.21. The van der Waals surface area contributed by atoms with Crippen molar-refractivity contribution in [2.75, 3.05) is 18.5 Å². The van der Waals surface area contributed by atoms with Crippen molar-refractivity contribution in [2.24, 2.45) is 5.73 Å². The Morgan fingerprint density at radius 2 is 2.12 bits per heavy atom. The molecule has 1 aromatic carbocycles. The zero-order chi connectivity index (χ0) is 12.0. The Bertz CT molecular complexity index is 331. The van der Waals surface area contributed by atoms with Gasteiger partial charge < -0.3 is 10.6 Å². The molecule has 0 saturated heterocycles. The number of hydrogen-bond acceptors (Lipinski definition) is 2. The lowest BCUT2D eigenvalue weighted by atomic mass is 10.1. The molecule has 2 N–H and O–H groups in total. The number of para-hydroxylation sites is 1. The maximum atomic E-state index is 5.96. The molecular weight excluding hydrogens is 196 g/mol. The third-order valence-electron chi connectivity index (χ3n) is 2.74. The normalized spacial score (nSPS) is 12.2. The first kappa shape index (κ1) is 12.8. The highest BCUT2D eigenvalue weighted by Gasteiger charge is 2.09. The van der Waals surface area contributed by atoms with Gasteiger partial charge in [0.1, 0.15) is 0 Å². The average molecular weight is 218 g/mol. The summed E-state index contributed by atoms with van der Waals surface area (Å²) in [4.78, 5) is 2.27. The lowest BCUT2D eigenvalue weighted by Gasteiger charge is -2.23. The molecule has 2 nitrogen and oxygen atoms in total. The van der Waals surface area contributed by atoms with Crippen molar-refractivity contribution in [1.29, 1.82) is 0 Å². The molecule has 1 rings (SSSR count). The Morgan fingerprint density at radius 3 is 2.75 bits per heavy atom. The fourth-order valence-corrected chi connectivity index (χ4v) is 1.81. The van der Waals surface area contributed by atoms with Crippen LogP contribution in [0.4, 0.5) is 5.69 Å². The van der Waals surface area contributed by atoms with Crippen molar-refractivity contribution in [2.45, 2.75) is 25.8 Å². The Labute approximate surface area is 98.8 Å². The fourth-order valence-electron chi connectivity index (χ4n) is 1.81. The van der Waals surface area contributed by atoms with Crippen LogP contribution in [-0.4, -0.2) is 13.6 Å². The second kappa shape index (κ2) is 6.33. The van der Waals surface area contributed by atoms with Crippen molar-refractivity contribution in [3.05, 3.63) is 42.5 Å². The number of nitrogens with zero attached hydrogens (tertiary/aromatic N) is 1. The van der Waals surface area contributed by atoms with E-state index in [1.165, 1.54) is 11.3 Å². The highest BCUT2D eigenvalue weighted by molar-refractivity contribution is 5.54. The van der Waals surface area contributed by atoms with Crippen LogP contribution in [0.2, 0.25) is 0 Å². The summed E-state index contributed by atoms with van der Waals surface area (Å²) in [6.45, 7) is 6.80. The van der Waals surface area contributed by atoms with Crippen molar-refractivity contribution in [3.63, 3.8) is 0 Å². The molecule has 0 spiro atoms. The largest absolute Gasteiger partial charge is 0.374 e. The molecule has 2 heteroatoms. The van der Waals surface area contributed by atoms with Crippen molar-refractivity contribution in [1.82, 2.24) is 0 Å². The van der Waals surface area contributed by atoms with E-state index in [1.54, 1.807) is 0 Å². The first-order chi connectivity index (χ1) is 7.66. The molecule has 88 valence electrons. The standard InChI is InChI=1S/C14H22N2/c1-4-5-8-11-16(3)14-10-7-6-9-13(14)12(2)15/h4,6-7,9-10,12H,1,5,8,11,15H2,2-3H3/t12-/m0/s1. The van der Waals surface area contributed by atoms with E-state index >= 15 is 0 Å². The zero-order valence-electron chi connectivity index (χ0n) is 10.3. The van der Waals surface area contributed by atoms with Gasteiger partial charge in [0, 0.05) is 25.3 Å². The topological polar surface area (TPSA) is 29.3 Å². The predicted molar refractivity (Wildman–Crippen MR) is 71.7 cm³/mol. The zero-order valence-corrected chi connectivity index (χ0v) is 10.3. The lowest BCUT2D eigenvalue weighted by molar-refractivity contribution is 0.773. The highest BCUT2D eigenvalue weighted by Crippen LogP contribution is 2.24. The van der Waals surface area contributed by atoms with Gasteiger partial charge in [-0.3, -0.25) is 0 Å². The molecule has 0 aliphatic heterocycles. The molecule has 1 aromatic rings. The van der Waals surface area contributed by atoms with Gasteiger partial charge in [0.15, 0.2) is 0 Å². The first-order valence-electron chi connectivity index (χ1n) is 5.83. The van der Waals surface area contributed by atoms with Crippen LogP contribution in [0.1, 0.15) is 31.4 Å². The van der Waals surface area contributed by atoms with Gasteiger partial charge in [0.05, 0.1) is 0 Å². The van der Waals surface area contributed by atoms with E-state index in [4.69, 9.17) is 5.73 Å². The minimum Gasteiger partial charge on any atom is -0.374 e. The van der Waals surface area contributed by atoms with Crippen LogP contribution in [0.3, 0.4) is 0 Å². The van der Waals surface area contributed by atoms with E-state index in [0.29, 0.717) is 0 Å². The molecule has 0 aliphatic carbocycles. The molecule has 0 saturated carbocycles. The van der Waals surface area contributed by atoms with Crippen LogP contribution < -0.4 is 10.6 Å². The number of nitrogens with two attached hydrogens (primary N) is 1. The fraction of sp³-hybridized carbons (Fsp3) is 0.429. The van der Waals surface area contributed by atoms with Gasteiger partial charge in [-0.05, 0) is 31.4 Å². The van der Waals surface area contributed by atoms with Gasteiger partial charge >= 0.3 is 0 Å². The van der Waals surface area contributed by atoms with Crippen LogP contribution in [-0.2, 0) is 0 Å². The van der Waals surface area contributed by atoms with Gasteiger partial charge in [-0.2, -0.15) is 0 Å². The Hall–Kier alpha value is -1.28. The molecule has 0 amide bonds. The van der Waals surface area contributed by atoms with Gasteiger partial charge in [0.25, 0.3) is 0 Å². The van der Waals surface area contributed by atoms with Crippen LogP contribution in [0.25, 0.3) is 0 Å². The van der Waals surface area contributed by atoms with Gasteiger partial charge in [0.2, 0.25) is 0 Å². The average Bonchev–Trinajstić information content (AvgIpc) is 2.29. The molecule has 0 heterocycles. The summed E-state index contributed by atoms with van der Waals surface area (Å²) in [6, 6.07) is 8.42. The molecular formula is C14H22N2. The van der Waals surface area contributed by atoms with Crippen LogP contribution >= 0.6 is 0 Å². The minimum absolute atomic E-state index is 0.0815. The van der Waals surface area contributed by atoms with Crippen LogP contribution in [0.15, 0.2) is 36.9 Å². The van der Waals surface area contributed by atoms with Gasteiger partial charge in [-0.15, -0.1) is 6.58 Å². The molecule has 16 heavy (non-hydrogen) atoms. The summed E-state index contributed by atoms with van der Waals surface area (Å²) < 4.78 is 0. The molecule has 0 aromatic heterocycles. The summed E-state index contributed by atoms with van der Waals surface area (Å²) >= 11 is 0. The molecule has 1 atom stereocenters. The van der Waals surface area contributed by atoms with Crippen molar-refractivity contribution >= 4 is 5.69 Å². The molecule has 0 aliphatic rings. The smallest absolute Gasteiger partial charge is 0.0411 e.